The van der Waals surface area contributed by atoms with Crippen LogP contribution in [0.1, 0.15) is 0 Å². The minimum atomic E-state index is -0.407. The van der Waals surface area contributed by atoms with E-state index in [1.807, 2.05) is 0 Å². The zero-order valence-electron chi connectivity index (χ0n) is 20.6. The molecule has 0 aliphatic carbocycles. The summed E-state index contributed by atoms with van der Waals surface area (Å²) in [6.45, 7) is 3.13. The Hall–Kier alpha value is -3.28. The van der Waals surface area contributed by atoms with Crippen molar-refractivity contribution in [2.75, 3.05) is 26.2 Å². The van der Waals surface area contributed by atoms with Gasteiger partial charge in [-0.25, -0.2) is 19.6 Å². The predicted molar refractivity (Wildman–Crippen MR) is 126 cm³/mol. The van der Waals surface area contributed by atoms with Crippen LogP contribution in [0.15, 0.2) is 27.0 Å². The van der Waals surface area contributed by atoms with Gasteiger partial charge in [0, 0.05) is 65.5 Å². The first-order valence-corrected chi connectivity index (χ1v) is 9.85. The molecule has 0 spiro atoms. The molecule has 0 saturated carbocycles. The number of rotatable bonds is 4. The Kier molecular flexibility index (Phi) is 15.2. The van der Waals surface area contributed by atoms with Crippen LogP contribution in [0.25, 0.3) is 22.7 Å². The zero-order chi connectivity index (χ0) is 24.7. The Balaban J connectivity index is 0. The number of hydrogen-bond acceptors (Lipinski definition) is 10. The van der Waals surface area contributed by atoms with Crippen molar-refractivity contribution in [3.8, 4) is 17.4 Å². The Labute approximate surface area is 217 Å². The van der Waals surface area contributed by atoms with E-state index in [0.29, 0.717) is 24.6 Å². The Morgan fingerprint density at radius 3 is 2.00 bits per heavy atom. The topological polar surface area (TPSA) is 274 Å². The van der Waals surface area contributed by atoms with Crippen molar-refractivity contribution in [3.63, 3.8) is 0 Å². The number of fused-ring (bicyclic) bond motifs is 2. The van der Waals surface area contributed by atoms with E-state index < -0.39 is 22.8 Å². The van der Waals surface area contributed by atoms with Gasteiger partial charge in [0.2, 0.25) is 0 Å². The fraction of sp³-hybridized carbons (Fsp3) is 0.444. The molecule has 17 nitrogen and oxygen atoms in total. The van der Waals surface area contributed by atoms with Gasteiger partial charge in [0.1, 0.15) is 12.0 Å². The van der Waals surface area contributed by atoms with Crippen LogP contribution in [-0.4, -0.2) is 70.4 Å². The van der Waals surface area contributed by atoms with E-state index in [1.165, 1.54) is 35.9 Å². The molecule has 0 unspecified atom stereocenters. The second-order valence-electron chi connectivity index (χ2n) is 6.83. The van der Waals surface area contributed by atoms with Crippen LogP contribution < -0.4 is 43.8 Å². The largest absolute Gasteiger partial charge is 2.00 e. The summed E-state index contributed by atoms with van der Waals surface area (Å²) in [5.41, 5.74) is 9.92. The SMILES string of the molecule is Cn1c(=O)c2[n-]cnc2n(C)c1=O.Cn1c2ncnc-2c([O-])n(C)c1=O.NCCNCCN.O.O.[Zn+2]. The van der Waals surface area contributed by atoms with E-state index in [0.717, 1.165) is 22.2 Å². The Bertz CT molecular complexity index is 1350. The second kappa shape index (κ2) is 15.7. The molecule has 0 amide bonds. The van der Waals surface area contributed by atoms with E-state index >= 15 is 0 Å². The van der Waals surface area contributed by atoms with Gasteiger partial charge in [-0.15, -0.1) is 0 Å². The van der Waals surface area contributed by atoms with Crippen LogP contribution in [0.2, 0.25) is 0 Å². The average molecular weight is 563 g/mol. The van der Waals surface area contributed by atoms with Gasteiger partial charge in [0.15, 0.2) is 5.82 Å². The fourth-order valence-electron chi connectivity index (χ4n) is 2.76. The van der Waals surface area contributed by atoms with Crippen LogP contribution in [-0.2, 0) is 47.7 Å². The summed E-state index contributed by atoms with van der Waals surface area (Å²) in [5.74, 6) is -0.0799. The number of aryl methyl sites for hydroxylation is 1. The number of hydrogen-bond donors (Lipinski definition) is 3. The minimum Gasteiger partial charge on any atom is -0.858 e. The molecule has 2 aromatic heterocycles. The fourth-order valence-corrected chi connectivity index (χ4v) is 2.76. The van der Waals surface area contributed by atoms with Gasteiger partial charge in [-0.2, -0.15) is 0 Å². The third-order valence-corrected chi connectivity index (χ3v) is 4.60. The monoisotopic (exact) mass is 561 g/mol. The van der Waals surface area contributed by atoms with Gasteiger partial charge in [-0.05, 0) is 5.88 Å². The molecule has 2 aliphatic heterocycles. The Morgan fingerprint density at radius 2 is 1.44 bits per heavy atom. The molecule has 196 valence electrons. The quantitative estimate of drug-likeness (QED) is 0.155. The molecule has 4 rings (SSSR count). The molecular formula is C18H31N11O6Zn. The van der Waals surface area contributed by atoms with Crippen LogP contribution in [0.4, 0.5) is 0 Å². The average Bonchev–Trinajstić information content (AvgIpc) is 3.50. The van der Waals surface area contributed by atoms with E-state index in [9.17, 15) is 19.5 Å². The summed E-state index contributed by atoms with van der Waals surface area (Å²) >= 11 is 0. The molecule has 2 aromatic rings. The summed E-state index contributed by atoms with van der Waals surface area (Å²) < 4.78 is 4.61. The van der Waals surface area contributed by atoms with Crippen LogP contribution in [0.3, 0.4) is 0 Å². The van der Waals surface area contributed by atoms with E-state index in [1.54, 1.807) is 14.1 Å². The van der Waals surface area contributed by atoms with Gasteiger partial charge in [0.25, 0.3) is 5.56 Å². The summed E-state index contributed by atoms with van der Waals surface area (Å²) in [7, 11) is 5.94. The molecule has 0 atom stereocenters. The van der Waals surface area contributed by atoms with Crippen LogP contribution in [0.5, 0.6) is 5.88 Å². The maximum atomic E-state index is 11.4. The summed E-state index contributed by atoms with van der Waals surface area (Å²) in [5, 5.41) is 14.4. The molecule has 36 heavy (non-hydrogen) atoms. The number of imidazole rings is 2. The summed E-state index contributed by atoms with van der Waals surface area (Å²) in [6, 6.07) is 0. The number of nitrogens with zero attached hydrogens (tertiary/aromatic N) is 8. The smallest absolute Gasteiger partial charge is 0.858 e. The maximum absolute atomic E-state index is 11.4. The molecule has 2 aliphatic rings. The molecule has 0 saturated heterocycles. The van der Waals surface area contributed by atoms with Crippen molar-refractivity contribution in [2.24, 2.45) is 39.7 Å². The second-order valence-corrected chi connectivity index (χ2v) is 6.83. The van der Waals surface area contributed by atoms with E-state index in [-0.39, 0.29) is 41.6 Å². The summed E-state index contributed by atoms with van der Waals surface area (Å²) in [4.78, 5) is 49.3. The molecule has 4 heterocycles. The molecule has 0 fully saturated rings. The first-order chi connectivity index (χ1) is 15.7. The van der Waals surface area contributed by atoms with Crippen molar-refractivity contribution >= 4 is 11.2 Å². The van der Waals surface area contributed by atoms with Gasteiger partial charge in [-0.1, -0.05) is 6.33 Å². The summed E-state index contributed by atoms with van der Waals surface area (Å²) in [6.07, 6.45) is 2.54. The number of aromatic nitrogens is 8. The van der Waals surface area contributed by atoms with Crippen molar-refractivity contribution in [1.82, 2.24) is 43.5 Å². The third-order valence-electron chi connectivity index (χ3n) is 4.60. The van der Waals surface area contributed by atoms with Crippen molar-refractivity contribution in [3.05, 3.63) is 44.0 Å². The van der Waals surface area contributed by atoms with E-state index in [2.05, 4.69) is 25.3 Å². The molecule has 0 radical (unpaired) electrons. The van der Waals surface area contributed by atoms with Gasteiger partial charge in [0.05, 0.1) is 0 Å². The van der Waals surface area contributed by atoms with Crippen molar-refractivity contribution < 1.29 is 35.5 Å². The third kappa shape index (κ3) is 7.36. The van der Waals surface area contributed by atoms with E-state index in [4.69, 9.17) is 11.5 Å². The van der Waals surface area contributed by atoms with Crippen molar-refractivity contribution in [2.45, 2.75) is 0 Å². The maximum Gasteiger partial charge on any atom is 2.00 e. The van der Waals surface area contributed by atoms with Gasteiger partial charge >= 0.3 is 30.9 Å². The first kappa shape index (κ1) is 34.9. The minimum absolute atomic E-state index is 0. The molecular weight excluding hydrogens is 532 g/mol. The molecule has 9 N–H and O–H groups in total. The van der Waals surface area contributed by atoms with Gasteiger partial charge < -0.3 is 47.4 Å². The first-order valence-electron chi connectivity index (χ1n) is 9.85. The number of nitrogens with two attached hydrogens (primary N) is 2. The van der Waals surface area contributed by atoms with Crippen LogP contribution in [0, 0.1) is 0 Å². The normalized spacial score (nSPS) is 9.72. The molecule has 18 heteroatoms. The standard InChI is InChI=1S/2C7H8N4O2.C4H13N3.2H2O.Zn/c2*1-10-5-4(8-3-9-5)6(12)11(2)7(10)13;5-1-3-7-4-2-6;;;/h3H,1-2H3,(H,8,9,12);3,12H,1-2H3;7H,1-6H2;2*1H2;/q;;;;;+2/p-2. The Morgan fingerprint density at radius 1 is 0.889 bits per heavy atom. The predicted octanol–water partition coefficient (Wildman–Crippen LogP) is -5.88. The van der Waals surface area contributed by atoms with Crippen molar-refractivity contribution in [1.29, 1.82) is 0 Å². The zero-order valence-corrected chi connectivity index (χ0v) is 23.5. The molecule has 0 bridgehead atoms. The number of nitrogens with one attached hydrogen (secondary N) is 1. The molecule has 0 aromatic carbocycles. The van der Waals surface area contributed by atoms with Gasteiger partial charge in [-0.3, -0.25) is 18.5 Å². The van der Waals surface area contributed by atoms with Crippen LogP contribution >= 0.6 is 0 Å².